The Hall–Kier alpha value is -0.570. The minimum Gasteiger partial charge on any atom is -0.399 e. The Labute approximate surface area is 120 Å². The molecule has 0 amide bonds. The molecule has 106 valence electrons. The van der Waals surface area contributed by atoms with E-state index in [1.165, 1.54) is 12.1 Å². The van der Waals surface area contributed by atoms with Crippen molar-refractivity contribution in [3.05, 3.63) is 22.2 Å². The van der Waals surface area contributed by atoms with Crippen LogP contribution in [-0.4, -0.2) is 48.2 Å². The van der Waals surface area contributed by atoms with Gasteiger partial charge in [-0.15, -0.1) is 0 Å². The SMILES string of the molecule is Nc1cc(Cl)c(S(=O)(=O)N2C[C@@H](O)[C@@H](O)C2)c(Cl)c1. The van der Waals surface area contributed by atoms with E-state index in [0.29, 0.717) is 0 Å². The van der Waals surface area contributed by atoms with Gasteiger partial charge in [-0.1, -0.05) is 23.2 Å². The van der Waals surface area contributed by atoms with Crippen LogP contribution < -0.4 is 5.73 Å². The summed E-state index contributed by atoms with van der Waals surface area (Å²) < 4.78 is 25.7. The van der Waals surface area contributed by atoms with Gasteiger partial charge in [0.25, 0.3) is 0 Å². The molecular formula is C10H12Cl2N2O4S. The average Bonchev–Trinajstić information content (AvgIpc) is 2.57. The van der Waals surface area contributed by atoms with Crippen molar-refractivity contribution in [3.63, 3.8) is 0 Å². The summed E-state index contributed by atoms with van der Waals surface area (Å²) in [4.78, 5) is -0.272. The maximum atomic E-state index is 12.4. The molecule has 2 atom stereocenters. The summed E-state index contributed by atoms with van der Waals surface area (Å²) in [5.74, 6) is 0. The van der Waals surface area contributed by atoms with E-state index < -0.39 is 22.2 Å². The first-order chi connectivity index (χ1) is 8.73. The van der Waals surface area contributed by atoms with Gasteiger partial charge in [-0.2, -0.15) is 4.31 Å². The zero-order valence-corrected chi connectivity index (χ0v) is 12.0. The van der Waals surface area contributed by atoms with Gasteiger partial charge >= 0.3 is 0 Å². The Morgan fingerprint density at radius 2 is 1.58 bits per heavy atom. The molecular weight excluding hydrogens is 315 g/mol. The van der Waals surface area contributed by atoms with Gasteiger partial charge in [0, 0.05) is 18.8 Å². The van der Waals surface area contributed by atoms with Crippen LogP contribution in [0.25, 0.3) is 0 Å². The highest BCUT2D eigenvalue weighted by Gasteiger charge is 2.39. The minimum absolute atomic E-state index is 0.0964. The topological polar surface area (TPSA) is 104 Å². The summed E-state index contributed by atoms with van der Waals surface area (Å²) >= 11 is 11.8. The second-order valence-electron chi connectivity index (χ2n) is 4.27. The smallest absolute Gasteiger partial charge is 0.246 e. The third-order valence-corrected chi connectivity index (χ3v) is 5.60. The van der Waals surface area contributed by atoms with Gasteiger partial charge < -0.3 is 15.9 Å². The van der Waals surface area contributed by atoms with Crippen molar-refractivity contribution in [3.8, 4) is 0 Å². The normalized spacial score (nSPS) is 24.8. The van der Waals surface area contributed by atoms with Gasteiger partial charge in [0.2, 0.25) is 10.0 Å². The molecule has 1 heterocycles. The molecule has 0 unspecified atom stereocenters. The molecule has 0 radical (unpaired) electrons. The fraction of sp³-hybridized carbons (Fsp3) is 0.400. The Balaban J connectivity index is 2.47. The lowest BCUT2D eigenvalue weighted by atomic mass is 10.3. The van der Waals surface area contributed by atoms with Crippen molar-refractivity contribution in [2.24, 2.45) is 0 Å². The van der Waals surface area contributed by atoms with Crippen molar-refractivity contribution in [1.29, 1.82) is 0 Å². The second-order valence-corrected chi connectivity index (χ2v) is 6.96. The molecule has 0 spiro atoms. The molecule has 1 aromatic carbocycles. The van der Waals surface area contributed by atoms with Crippen molar-refractivity contribution in [1.82, 2.24) is 4.31 Å². The van der Waals surface area contributed by atoms with Gasteiger partial charge in [0.05, 0.1) is 22.3 Å². The number of sulfonamides is 1. The monoisotopic (exact) mass is 326 g/mol. The van der Waals surface area contributed by atoms with Gasteiger partial charge in [-0.25, -0.2) is 8.42 Å². The van der Waals surface area contributed by atoms with Gasteiger partial charge in [-0.3, -0.25) is 0 Å². The highest BCUT2D eigenvalue weighted by molar-refractivity contribution is 7.89. The van der Waals surface area contributed by atoms with Crippen molar-refractivity contribution < 1.29 is 18.6 Å². The highest BCUT2D eigenvalue weighted by Crippen LogP contribution is 2.35. The largest absolute Gasteiger partial charge is 0.399 e. The van der Waals surface area contributed by atoms with Crippen LogP contribution in [0, 0.1) is 0 Å². The van der Waals surface area contributed by atoms with Crippen molar-refractivity contribution in [2.75, 3.05) is 18.8 Å². The molecule has 6 nitrogen and oxygen atoms in total. The predicted molar refractivity (Wildman–Crippen MR) is 71.6 cm³/mol. The third-order valence-electron chi connectivity index (χ3n) is 2.84. The maximum absolute atomic E-state index is 12.4. The number of hydrogen-bond acceptors (Lipinski definition) is 5. The molecule has 9 heteroatoms. The number of nitrogen functional groups attached to an aromatic ring is 1. The van der Waals surface area contributed by atoms with E-state index in [4.69, 9.17) is 28.9 Å². The predicted octanol–water partition coefficient (Wildman–Crippen LogP) is 0.302. The Morgan fingerprint density at radius 3 is 2.00 bits per heavy atom. The molecule has 0 aromatic heterocycles. The molecule has 19 heavy (non-hydrogen) atoms. The molecule has 1 fully saturated rings. The summed E-state index contributed by atoms with van der Waals surface area (Å²) in [7, 11) is -3.99. The molecule has 4 N–H and O–H groups in total. The zero-order valence-electron chi connectivity index (χ0n) is 9.62. The number of halogens is 2. The van der Waals surface area contributed by atoms with Crippen LogP contribution in [0.5, 0.6) is 0 Å². The Kier molecular flexibility index (Phi) is 3.97. The Morgan fingerprint density at radius 1 is 1.16 bits per heavy atom. The maximum Gasteiger partial charge on any atom is 0.246 e. The number of rotatable bonds is 2. The number of β-amino-alcohol motifs (C(OH)–C–C–N with tert-alkyl or cyclic N) is 2. The van der Waals surface area contributed by atoms with Crippen molar-refractivity contribution in [2.45, 2.75) is 17.1 Å². The van der Waals surface area contributed by atoms with E-state index in [-0.39, 0.29) is 33.7 Å². The minimum atomic E-state index is -3.99. The van der Waals surface area contributed by atoms with E-state index in [9.17, 15) is 18.6 Å². The van der Waals surface area contributed by atoms with Crippen LogP contribution in [0.15, 0.2) is 17.0 Å². The molecule has 1 aliphatic rings. The van der Waals surface area contributed by atoms with E-state index in [1.54, 1.807) is 0 Å². The molecule has 2 rings (SSSR count). The summed E-state index contributed by atoms with van der Waals surface area (Å²) in [5.41, 5.74) is 5.76. The molecule has 1 aromatic rings. The van der Waals surface area contributed by atoms with Gasteiger partial charge in [0.1, 0.15) is 4.90 Å². The number of aliphatic hydroxyl groups is 2. The first-order valence-corrected chi connectivity index (χ1v) is 7.54. The van der Waals surface area contributed by atoms with Crippen molar-refractivity contribution >= 4 is 38.9 Å². The number of nitrogens with two attached hydrogens (primary N) is 1. The first kappa shape index (κ1) is 14.8. The molecule has 0 aliphatic carbocycles. The first-order valence-electron chi connectivity index (χ1n) is 5.34. The summed E-state index contributed by atoms with van der Waals surface area (Å²) in [6.45, 7) is -0.416. The Bertz CT molecular complexity index is 575. The van der Waals surface area contributed by atoms with E-state index in [2.05, 4.69) is 0 Å². The molecule has 1 aliphatic heterocycles. The number of benzene rings is 1. The fourth-order valence-electron chi connectivity index (χ4n) is 1.89. The fourth-order valence-corrected chi connectivity index (χ4v) is 4.54. The highest BCUT2D eigenvalue weighted by atomic mass is 35.5. The lowest BCUT2D eigenvalue weighted by molar-refractivity contribution is 0.0572. The molecule has 1 saturated heterocycles. The standard InChI is InChI=1S/C10H12Cl2N2O4S/c11-6-1-5(13)2-7(12)10(6)19(17,18)14-3-8(15)9(16)4-14/h1-2,8-9,15-16H,3-4,13H2/t8-,9+. The van der Waals surface area contributed by atoms with E-state index in [0.717, 1.165) is 4.31 Å². The quantitative estimate of drug-likeness (QED) is 0.678. The molecule has 0 saturated carbocycles. The third kappa shape index (κ3) is 2.67. The number of aliphatic hydroxyl groups excluding tert-OH is 2. The van der Waals surface area contributed by atoms with Crippen LogP contribution in [0.1, 0.15) is 0 Å². The molecule has 0 bridgehead atoms. The van der Waals surface area contributed by atoms with Gasteiger partial charge in [-0.05, 0) is 12.1 Å². The van der Waals surface area contributed by atoms with Crippen LogP contribution in [0.2, 0.25) is 10.0 Å². The summed E-state index contributed by atoms with van der Waals surface area (Å²) in [6, 6.07) is 2.56. The van der Waals surface area contributed by atoms with Crippen LogP contribution in [0.4, 0.5) is 5.69 Å². The number of hydrogen-bond donors (Lipinski definition) is 3. The summed E-state index contributed by atoms with van der Waals surface area (Å²) in [6.07, 6.45) is -2.25. The average molecular weight is 327 g/mol. The lowest BCUT2D eigenvalue weighted by Crippen LogP contribution is -2.30. The van der Waals surface area contributed by atoms with Gasteiger partial charge in [0.15, 0.2) is 0 Å². The van der Waals surface area contributed by atoms with Crippen LogP contribution in [-0.2, 0) is 10.0 Å². The second kappa shape index (κ2) is 5.08. The van der Waals surface area contributed by atoms with Crippen LogP contribution >= 0.6 is 23.2 Å². The van der Waals surface area contributed by atoms with E-state index >= 15 is 0 Å². The number of anilines is 1. The summed E-state index contributed by atoms with van der Waals surface area (Å²) in [5, 5.41) is 18.6. The zero-order chi connectivity index (χ0) is 14.4. The van der Waals surface area contributed by atoms with E-state index in [1.807, 2.05) is 0 Å². The van der Waals surface area contributed by atoms with Crippen LogP contribution in [0.3, 0.4) is 0 Å². The lowest BCUT2D eigenvalue weighted by Gasteiger charge is -2.17. The number of nitrogens with zero attached hydrogens (tertiary/aromatic N) is 1.